The fourth-order valence-electron chi connectivity index (χ4n) is 4.08. The molecule has 4 rings (SSSR count). The monoisotopic (exact) mass is 390 g/mol. The average molecular weight is 390 g/mol. The van der Waals surface area contributed by atoms with Crippen molar-refractivity contribution in [1.29, 1.82) is 0 Å². The third-order valence-corrected chi connectivity index (χ3v) is 5.71. The van der Waals surface area contributed by atoms with E-state index in [0.29, 0.717) is 27.9 Å². The number of carbonyl (C=O) groups excluding carboxylic acids is 1. The van der Waals surface area contributed by atoms with E-state index in [2.05, 4.69) is 17.1 Å². The predicted molar refractivity (Wildman–Crippen MR) is 115 cm³/mol. The van der Waals surface area contributed by atoms with Crippen molar-refractivity contribution in [3.05, 3.63) is 69.9 Å². The number of benzene rings is 2. The summed E-state index contributed by atoms with van der Waals surface area (Å²) >= 11 is 0. The molecular formula is C24H26N2O3. The molecule has 1 aliphatic rings. The number of amides is 1. The van der Waals surface area contributed by atoms with Gasteiger partial charge in [0.05, 0.1) is 10.9 Å². The lowest BCUT2D eigenvalue weighted by Gasteiger charge is -2.32. The molecule has 2 heterocycles. The van der Waals surface area contributed by atoms with Crippen molar-refractivity contribution in [2.75, 3.05) is 19.6 Å². The van der Waals surface area contributed by atoms with E-state index in [-0.39, 0.29) is 17.4 Å². The minimum atomic E-state index is -0.190. The van der Waals surface area contributed by atoms with Crippen LogP contribution in [-0.4, -0.2) is 36.5 Å². The van der Waals surface area contributed by atoms with Crippen LogP contribution in [0.5, 0.6) is 0 Å². The van der Waals surface area contributed by atoms with Gasteiger partial charge in [0.25, 0.3) is 5.91 Å². The van der Waals surface area contributed by atoms with Crippen molar-refractivity contribution >= 4 is 16.9 Å². The number of likely N-dealkylation sites (tertiary alicyclic amines) is 1. The first-order valence-corrected chi connectivity index (χ1v) is 10.2. The van der Waals surface area contributed by atoms with E-state index in [0.717, 1.165) is 38.0 Å². The maximum absolute atomic E-state index is 13.1. The zero-order valence-electron chi connectivity index (χ0n) is 16.9. The van der Waals surface area contributed by atoms with Crippen molar-refractivity contribution in [2.24, 2.45) is 0 Å². The van der Waals surface area contributed by atoms with Crippen LogP contribution in [0.3, 0.4) is 0 Å². The lowest BCUT2D eigenvalue weighted by atomic mass is 10.0. The van der Waals surface area contributed by atoms with E-state index < -0.39 is 0 Å². The van der Waals surface area contributed by atoms with Crippen LogP contribution < -0.4 is 10.7 Å². The Balaban J connectivity index is 1.74. The summed E-state index contributed by atoms with van der Waals surface area (Å²) in [5.74, 6) is 0.322. The van der Waals surface area contributed by atoms with E-state index in [1.165, 1.54) is 0 Å². The maximum Gasteiger partial charge on any atom is 0.255 e. The van der Waals surface area contributed by atoms with Crippen molar-refractivity contribution in [1.82, 2.24) is 10.2 Å². The first-order chi connectivity index (χ1) is 14.1. The largest absolute Gasteiger partial charge is 0.455 e. The molecule has 0 spiro atoms. The second-order valence-corrected chi connectivity index (χ2v) is 7.64. The van der Waals surface area contributed by atoms with Crippen LogP contribution in [0.15, 0.2) is 57.7 Å². The lowest BCUT2D eigenvalue weighted by molar-refractivity contribution is 0.0906. The highest BCUT2D eigenvalue weighted by atomic mass is 16.3. The number of likely N-dealkylation sites (N-methyl/N-ethyl adjacent to an activating group) is 1. The molecule has 5 nitrogen and oxygen atoms in total. The number of fused-ring (bicyclic) bond motifs is 1. The molecule has 1 saturated heterocycles. The van der Waals surface area contributed by atoms with Crippen LogP contribution in [-0.2, 0) is 0 Å². The second-order valence-electron chi connectivity index (χ2n) is 7.64. The maximum atomic E-state index is 13.1. The number of hydrogen-bond acceptors (Lipinski definition) is 4. The molecule has 29 heavy (non-hydrogen) atoms. The van der Waals surface area contributed by atoms with Gasteiger partial charge in [-0.15, -0.1) is 0 Å². The van der Waals surface area contributed by atoms with Gasteiger partial charge in [0, 0.05) is 23.7 Å². The van der Waals surface area contributed by atoms with E-state index >= 15 is 0 Å². The highest BCUT2D eigenvalue weighted by Gasteiger charge is 2.23. The topological polar surface area (TPSA) is 62.6 Å². The van der Waals surface area contributed by atoms with E-state index in [9.17, 15) is 9.59 Å². The molecule has 5 heteroatoms. The summed E-state index contributed by atoms with van der Waals surface area (Å²) in [7, 11) is 0. The van der Waals surface area contributed by atoms with Crippen LogP contribution in [0.1, 0.15) is 35.7 Å². The highest BCUT2D eigenvalue weighted by molar-refractivity contribution is 6.05. The molecule has 1 N–H and O–H groups in total. The Kier molecular flexibility index (Phi) is 5.49. The van der Waals surface area contributed by atoms with E-state index in [1.54, 1.807) is 25.1 Å². The zero-order valence-corrected chi connectivity index (χ0v) is 16.9. The molecule has 1 amide bonds. The number of nitrogens with zero attached hydrogens (tertiary/aromatic N) is 1. The van der Waals surface area contributed by atoms with Crippen molar-refractivity contribution in [3.8, 4) is 11.3 Å². The molecule has 0 aliphatic carbocycles. The van der Waals surface area contributed by atoms with Gasteiger partial charge in [-0.25, -0.2) is 0 Å². The third kappa shape index (κ3) is 3.83. The fraction of sp³-hybridized carbons (Fsp3) is 0.333. The molecule has 3 aromatic rings. The number of rotatable bonds is 4. The van der Waals surface area contributed by atoms with Gasteiger partial charge in [-0.05, 0) is 45.0 Å². The molecule has 0 saturated carbocycles. The smallest absolute Gasteiger partial charge is 0.255 e. The normalized spacial score (nSPS) is 17.4. The van der Waals surface area contributed by atoms with Crippen LogP contribution in [0.4, 0.5) is 0 Å². The average Bonchev–Trinajstić information content (AvgIpc) is 2.76. The van der Waals surface area contributed by atoms with E-state index in [4.69, 9.17) is 4.42 Å². The summed E-state index contributed by atoms with van der Waals surface area (Å²) in [5.41, 5.74) is 2.03. The number of hydrogen-bond donors (Lipinski definition) is 1. The Labute approximate surface area is 170 Å². The van der Waals surface area contributed by atoms with Gasteiger partial charge < -0.3 is 14.6 Å². The van der Waals surface area contributed by atoms with Gasteiger partial charge in [-0.3, -0.25) is 9.59 Å². The van der Waals surface area contributed by atoms with Gasteiger partial charge in [0.1, 0.15) is 5.76 Å². The summed E-state index contributed by atoms with van der Waals surface area (Å²) < 4.78 is 6.17. The Bertz CT molecular complexity index is 1090. The molecule has 2 aromatic carbocycles. The van der Waals surface area contributed by atoms with Gasteiger partial charge in [0.15, 0.2) is 11.0 Å². The summed E-state index contributed by atoms with van der Waals surface area (Å²) in [6, 6.07) is 14.8. The summed E-state index contributed by atoms with van der Waals surface area (Å²) in [6.07, 6.45) is 2.03. The fourth-order valence-corrected chi connectivity index (χ4v) is 4.08. The first kappa shape index (κ1) is 19.4. The SMILES string of the molecule is CCN1CCCC(NC(=O)c2cccc3c(=O)c(C)c(-c4ccccc4)oc23)C1. The first-order valence-electron chi connectivity index (χ1n) is 10.2. The van der Waals surface area contributed by atoms with E-state index in [1.807, 2.05) is 30.3 Å². The van der Waals surface area contributed by atoms with Crippen LogP contribution in [0.25, 0.3) is 22.3 Å². The predicted octanol–water partition coefficient (Wildman–Crippen LogP) is 3.98. The van der Waals surface area contributed by atoms with Crippen molar-refractivity contribution < 1.29 is 9.21 Å². The zero-order chi connectivity index (χ0) is 20.4. The minimum absolute atomic E-state index is 0.102. The Hall–Kier alpha value is -2.92. The molecule has 1 unspecified atom stereocenters. The molecule has 1 aromatic heterocycles. The van der Waals surface area contributed by atoms with Crippen LogP contribution in [0, 0.1) is 6.92 Å². The van der Waals surface area contributed by atoms with Crippen molar-refractivity contribution in [2.45, 2.75) is 32.7 Å². The molecule has 1 aliphatic heterocycles. The van der Waals surface area contributed by atoms with Gasteiger partial charge in [-0.2, -0.15) is 0 Å². The van der Waals surface area contributed by atoms with Crippen LogP contribution in [0.2, 0.25) is 0 Å². The summed E-state index contributed by atoms with van der Waals surface area (Å²) in [4.78, 5) is 28.4. The quantitative estimate of drug-likeness (QED) is 0.732. The Morgan fingerprint density at radius 1 is 1.17 bits per heavy atom. The number of carbonyl (C=O) groups is 1. The number of piperidine rings is 1. The lowest BCUT2D eigenvalue weighted by Crippen LogP contribution is -2.47. The summed E-state index contributed by atoms with van der Waals surface area (Å²) in [5, 5.41) is 3.58. The van der Waals surface area contributed by atoms with Crippen LogP contribution >= 0.6 is 0 Å². The van der Waals surface area contributed by atoms with Gasteiger partial charge >= 0.3 is 0 Å². The number of para-hydroxylation sites is 1. The second kappa shape index (κ2) is 8.21. The van der Waals surface area contributed by atoms with Gasteiger partial charge in [0.2, 0.25) is 0 Å². The molecule has 0 radical (unpaired) electrons. The highest BCUT2D eigenvalue weighted by Crippen LogP contribution is 2.27. The molecular weight excluding hydrogens is 364 g/mol. The van der Waals surface area contributed by atoms with Gasteiger partial charge in [-0.1, -0.05) is 43.3 Å². The Morgan fingerprint density at radius 3 is 2.72 bits per heavy atom. The molecule has 1 atom stereocenters. The Morgan fingerprint density at radius 2 is 1.97 bits per heavy atom. The minimum Gasteiger partial charge on any atom is -0.455 e. The molecule has 1 fully saturated rings. The number of nitrogens with one attached hydrogen (secondary N) is 1. The summed E-state index contributed by atoms with van der Waals surface area (Å²) in [6.45, 7) is 6.81. The van der Waals surface area contributed by atoms with Crippen molar-refractivity contribution in [3.63, 3.8) is 0 Å². The molecule has 0 bridgehead atoms. The standard InChI is InChI=1S/C24H26N2O3/c1-3-26-14-8-11-18(15-26)25-24(28)20-13-7-12-19-21(27)16(2)22(29-23(19)20)17-9-5-4-6-10-17/h4-7,9-10,12-13,18H,3,8,11,14-15H2,1-2H3,(H,25,28). The third-order valence-electron chi connectivity index (χ3n) is 5.71. The molecule has 150 valence electrons.